The highest BCUT2D eigenvalue weighted by atomic mass is 31.1. The third-order valence-corrected chi connectivity index (χ3v) is 4.08. The van der Waals surface area contributed by atoms with Crippen LogP contribution in [0.1, 0.15) is 34.1 Å². The summed E-state index contributed by atoms with van der Waals surface area (Å²) >= 11 is 0. The Morgan fingerprint density at radius 2 is 1.65 bits per heavy atom. The van der Waals surface area contributed by atoms with Crippen LogP contribution in [-0.2, 0) is 9.59 Å². The van der Waals surface area contributed by atoms with Crippen molar-refractivity contribution < 1.29 is 9.59 Å². The topological polar surface area (TPSA) is 46.2 Å². The van der Waals surface area contributed by atoms with Crippen molar-refractivity contribution in [2.75, 3.05) is 12.7 Å². The first kappa shape index (κ1) is 18.9. The Hall–Kier alpha value is -1.05. The molecule has 1 N–H and O–H groups in total. The number of Topliss-reactive ketones (excluding diaryl/α,β-unsaturated/α-hetero) is 2. The Balaban J connectivity index is 0.00000115. The Morgan fingerprint density at radius 1 is 1.10 bits per heavy atom. The monoisotopic (exact) mass is 295 g/mol. The van der Waals surface area contributed by atoms with Crippen LogP contribution in [-0.4, -0.2) is 30.3 Å². The smallest absolute Gasteiger partial charge is 0.157 e. The second-order valence-electron chi connectivity index (χ2n) is 4.11. The van der Waals surface area contributed by atoms with Crippen molar-refractivity contribution in [3.63, 3.8) is 0 Å². The minimum atomic E-state index is -0.518. The lowest BCUT2D eigenvalue weighted by Crippen LogP contribution is -2.39. The van der Waals surface area contributed by atoms with Crippen LogP contribution in [0.2, 0.25) is 0 Å². The van der Waals surface area contributed by atoms with Gasteiger partial charge in [-0.1, -0.05) is 60.2 Å². The van der Waals surface area contributed by atoms with Crippen LogP contribution in [0.3, 0.4) is 0 Å². The lowest BCUT2D eigenvalue weighted by molar-refractivity contribution is -0.124. The van der Waals surface area contributed by atoms with Crippen molar-refractivity contribution in [2.45, 2.75) is 40.2 Å². The van der Waals surface area contributed by atoms with Crippen molar-refractivity contribution in [3.05, 3.63) is 30.3 Å². The third-order valence-electron chi connectivity index (χ3n) is 2.84. The predicted molar refractivity (Wildman–Crippen MR) is 88.4 cm³/mol. The number of nitrogens with one attached hydrogen (secondary N) is 1. The molecule has 0 aromatic heterocycles. The SMILES string of the molecule is C.CC.O=C1CCC(=O)C1NCCPc1ccccc1. The van der Waals surface area contributed by atoms with E-state index in [1.807, 2.05) is 32.0 Å². The van der Waals surface area contributed by atoms with Crippen LogP contribution in [0, 0.1) is 0 Å². The summed E-state index contributed by atoms with van der Waals surface area (Å²) in [4.78, 5) is 22.7. The van der Waals surface area contributed by atoms with E-state index in [2.05, 4.69) is 17.4 Å². The molecular formula is C16H26NO2P. The molecule has 0 saturated heterocycles. The highest BCUT2D eigenvalue weighted by molar-refractivity contribution is 7.47. The number of ketones is 2. The van der Waals surface area contributed by atoms with E-state index in [1.54, 1.807) is 0 Å². The van der Waals surface area contributed by atoms with Crippen molar-refractivity contribution in [1.29, 1.82) is 0 Å². The van der Waals surface area contributed by atoms with Crippen molar-refractivity contribution in [3.8, 4) is 0 Å². The van der Waals surface area contributed by atoms with E-state index in [0.717, 1.165) is 21.3 Å². The molecule has 1 aliphatic carbocycles. The van der Waals surface area contributed by atoms with Gasteiger partial charge in [0.05, 0.1) is 0 Å². The lowest BCUT2D eigenvalue weighted by Gasteiger charge is -2.09. The van der Waals surface area contributed by atoms with E-state index in [0.29, 0.717) is 12.8 Å². The van der Waals surface area contributed by atoms with Gasteiger partial charge in [-0.25, -0.2) is 0 Å². The second-order valence-corrected chi connectivity index (χ2v) is 5.54. The zero-order valence-electron chi connectivity index (χ0n) is 11.6. The van der Waals surface area contributed by atoms with Crippen molar-refractivity contribution >= 4 is 25.5 Å². The number of benzene rings is 1. The van der Waals surface area contributed by atoms with Gasteiger partial charge in [-0.05, 0) is 11.5 Å². The maximum atomic E-state index is 11.4. The number of hydrogen-bond donors (Lipinski definition) is 1. The quantitative estimate of drug-likeness (QED) is 0.516. The molecule has 0 amide bonds. The average molecular weight is 295 g/mol. The summed E-state index contributed by atoms with van der Waals surface area (Å²) in [6, 6.07) is 9.74. The molecule has 1 atom stereocenters. The van der Waals surface area contributed by atoms with E-state index in [4.69, 9.17) is 0 Å². The number of carbonyl (C=O) groups is 2. The van der Waals surface area contributed by atoms with Gasteiger partial charge >= 0.3 is 0 Å². The molecule has 0 spiro atoms. The minimum Gasteiger partial charge on any atom is -0.301 e. The van der Waals surface area contributed by atoms with Crippen LogP contribution in [0.4, 0.5) is 0 Å². The van der Waals surface area contributed by atoms with E-state index < -0.39 is 6.04 Å². The van der Waals surface area contributed by atoms with Gasteiger partial charge in [-0.2, -0.15) is 0 Å². The number of hydrogen-bond acceptors (Lipinski definition) is 3. The van der Waals surface area contributed by atoms with Crippen LogP contribution in [0.5, 0.6) is 0 Å². The summed E-state index contributed by atoms with van der Waals surface area (Å²) in [6.45, 7) is 4.73. The molecule has 0 aliphatic heterocycles. The molecule has 1 unspecified atom stereocenters. The van der Waals surface area contributed by atoms with Crippen LogP contribution in [0.25, 0.3) is 0 Å². The molecule has 1 saturated carbocycles. The molecule has 1 aliphatic rings. The van der Waals surface area contributed by atoms with E-state index >= 15 is 0 Å². The number of carbonyl (C=O) groups excluding carboxylic acids is 2. The molecule has 1 fully saturated rings. The fourth-order valence-electron chi connectivity index (χ4n) is 1.92. The van der Waals surface area contributed by atoms with Crippen LogP contribution >= 0.6 is 8.58 Å². The summed E-state index contributed by atoms with van der Waals surface area (Å²) in [5, 5.41) is 4.38. The molecular weight excluding hydrogens is 269 g/mol. The first-order chi connectivity index (χ1) is 9.27. The minimum absolute atomic E-state index is 0. The highest BCUT2D eigenvalue weighted by Crippen LogP contribution is 2.12. The van der Waals surface area contributed by atoms with Crippen molar-refractivity contribution in [2.24, 2.45) is 0 Å². The fraction of sp³-hybridized carbons (Fsp3) is 0.500. The van der Waals surface area contributed by atoms with Gasteiger partial charge in [0.15, 0.2) is 11.6 Å². The summed E-state index contributed by atoms with van der Waals surface area (Å²) in [6.07, 6.45) is 1.80. The zero-order chi connectivity index (χ0) is 14.1. The third kappa shape index (κ3) is 5.94. The second kappa shape index (κ2) is 10.7. The Labute approximate surface area is 124 Å². The first-order valence-corrected chi connectivity index (χ1v) is 8.06. The molecule has 3 nitrogen and oxygen atoms in total. The summed E-state index contributed by atoms with van der Waals surface area (Å²) in [5.41, 5.74) is 0. The summed E-state index contributed by atoms with van der Waals surface area (Å²) in [5.74, 6) is 0.107. The van der Waals surface area contributed by atoms with Gasteiger partial charge in [0, 0.05) is 19.4 Å². The maximum Gasteiger partial charge on any atom is 0.157 e. The summed E-state index contributed by atoms with van der Waals surface area (Å²) < 4.78 is 0. The molecule has 1 aromatic rings. The molecule has 4 heteroatoms. The van der Waals surface area contributed by atoms with Gasteiger partial charge in [0.2, 0.25) is 0 Å². The van der Waals surface area contributed by atoms with Crippen LogP contribution in [0.15, 0.2) is 30.3 Å². The van der Waals surface area contributed by atoms with Crippen LogP contribution < -0.4 is 10.6 Å². The first-order valence-electron chi connectivity index (χ1n) is 6.85. The zero-order valence-corrected chi connectivity index (χ0v) is 12.6. The average Bonchev–Trinajstić information content (AvgIpc) is 2.78. The largest absolute Gasteiger partial charge is 0.301 e. The molecule has 1 aromatic carbocycles. The molecule has 0 bridgehead atoms. The van der Waals surface area contributed by atoms with Gasteiger partial charge in [-0.3, -0.25) is 9.59 Å². The Bertz CT molecular complexity index is 390. The van der Waals surface area contributed by atoms with Crippen molar-refractivity contribution in [1.82, 2.24) is 5.32 Å². The predicted octanol–water partition coefficient (Wildman–Crippen LogP) is 2.54. The summed E-state index contributed by atoms with van der Waals surface area (Å²) in [7, 11) is 0.726. The molecule has 0 radical (unpaired) electrons. The maximum absolute atomic E-state index is 11.4. The normalized spacial score (nSPS) is 15.1. The van der Waals surface area contributed by atoms with Gasteiger partial charge in [0.25, 0.3) is 0 Å². The van der Waals surface area contributed by atoms with Gasteiger partial charge in [0.1, 0.15) is 6.04 Å². The molecule has 2 rings (SSSR count). The van der Waals surface area contributed by atoms with E-state index in [1.165, 1.54) is 5.30 Å². The molecule has 112 valence electrons. The van der Waals surface area contributed by atoms with E-state index in [-0.39, 0.29) is 19.0 Å². The molecule has 0 heterocycles. The van der Waals surface area contributed by atoms with E-state index in [9.17, 15) is 9.59 Å². The Morgan fingerprint density at radius 3 is 2.20 bits per heavy atom. The molecule has 20 heavy (non-hydrogen) atoms. The number of rotatable bonds is 5. The lowest BCUT2D eigenvalue weighted by atomic mass is 10.2. The standard InChI is InChI=1S/C13H16NO2P.C2H6.CH4/c15-11-6-7-12(16)13(11)14-8-9-17-10-4-2-1-3-5-10;1-2;/h1-5,13-14,17H,6-9H2;1-2H3;1H4. The Kier molecular flexibility index (Phi) is 10.1. The van der Waals surface area contributed by atoms with Gasteiger partial charge in [-0.15, -0.1) is 0 Å². The highest BCUT2D eigenvalue weighted by Gasteiger charge is 2.31. The fourth-order valence-corrected chi connectivity index (χ4v) is 2.91. The van der Waals surface area contributed by atoms with Gasteiger partial charge < -0.3 is 5.32 Å².